The van der Waals surface area contributed by atoms with Gasteiger partial charge in [-0.05, 0) is 44.4 Å². The van der Waals surface area contributed by atoms with E-state index in [1.54, 1.807) is 6.92 Å². The summed E-state index contributed by atoms with van der Waals surface area (Å²) in [4.78, 5) is 29.9. The highest BCUT2D eigenvalue weighted by Crippen LogP contribution is 2.43. The van der Waals surface area contributed by atoms with Crippen molar-refractivity contribution in [2.45, 2.75) is 78.1 Å². The van der Waals surface area contributed by atoms with E-state index in [9.17, 15) is 37.4 Å². The number of aliphatic hydroxyl groups is 1. The maximum atomic E-state index is 14.4. The quantitative estimate of drug-likeness (QED) is 0.359. The predicted molar refractivity (Wildman–Crippen MR) is 135 cm³/mol. The number of pyridine rings is 1. The van der Waals surface area contributed by atoms with Gasteiger partial charge in [0.1, 0.15) is 11.9 Å². The first kappa shape index (κ1) is 30.8. The minimum atomic E-state index is -4.94. The number of alkyl halides is 3. The van der Waals surface area contributed by atoms with Crippen molar-refractivity contribution in [2.24, 2.45) is 10.8 Å². The monoisotopic (exact) mass is 576 g/mol. The normalized spacial score (nSPS) is 21.0. The SMILES string of the molecule is CCC(C)(C)CN(CC(O)c1c(F)cncc1Cl)C(=O)c1cnn([C@H]2CC[C@](C)(C(=O)O)CC2)c1C(F)(F)F. The molecular weight excluding hydrogens is 544 g/mol. The maximum absolute atomic E-state index is 14.4. The van der Waals surface area contributed by atoms with Crippen molar-refractivity contribution in [2.75, 3.05) is 13.1 Å². The highest BCUT2D eigenvalue weighted by atomic mass is 35.5. The molecule has 1 atom stereocenters. The average Bonchev–Trinajstić information content (AvgIpc) is 3.29. The maximum Gasteiger partial charge on any atom is 0.433 e. The van der Waals surface area contributed by atoms with Gasteiger partial charge < -0.3 is 15.1 Å². The van der Waals surface area contributed by atoms with Gasteiger partial charge in [-0.3, -0.25) is 19.3 Å². The van der Waals surface area contributed by atoms with E-state index < -0.39 is 64.6 Å². The largest absolute Gasteiger partial charge is 0.481 e. The molecule has 1 fully saturated rings. The lowest BCUT2D eigenvalue weighted by molar-refractivity contribution is -0.152. The Balaban J connectivity index is 1.99. The van der Waals surface area contributed by atoms with Crippen molar-refractivity contribution in [1.82, 2.24) is 19.7 Å². The number of amides is 1. The number of aliphatic hydroxyl groups excluding tert-OH is 1. The van der Waals surface area contributed by atoms with E-state index in [-0.39, 0.29) is 42.8 Å². The van der Waals surface area contributed by atoms with Gasteiger partial charge in [0.25, 0.3) is 5.91 Å². The second-order valence-corrected chi connectivity index (χ2v) is 11.6. The zero-order valence-corrected chi connectivity index (χ0v) is 23.0. The van der Waals surface area contributed by atoms with Crippen LogP contribution < -0.4 is 0 Å². The number of carbonyl (C=O) groups excluding carboxylic acids is 1. The fraction of sp³-hybridized carbons (Fsp3) is 0.615. The highest BCUT2D eigenvalue weighted by molar-refractivity contribution is 6.31. The molecule has 8 nitrogen and oxygen atoms in total. The van der Waals surface area contributed by atoms with Gasteiger partial charge in [0.2, 0.25) is 0 Å². The van der Waals surface area contributed by atoms with Gasteiger partial charge in [-0.25, -0.2) is 4.39 Å². The number of carboxylic acid groups (broad SMARTS) is 1. The molecule has 1 aliphatic rings. The van der Waals surface area contributed by atoms with Crippen LogP contribution in [0.15, 0.2) is 18.6 Å². The Morgan fingerprint density at radius 2 is 1.85 bits per heavy atom. The molecule has 39 heavy (non-hydrogen) atoms. The molecule has 0 radical (unpaired) electrons. The van der Waals surface area contributed by atoms with Crippen molar-refractivity contribution >= 4 is 23.5 Å². The van der Waals surface area contributed by atoms with Gasteiger partial charge in [0.05, 0.1) is 41.0 Å². The molecule has 0 bridgehead atoms. The van der Waals surface area contributed by atoms with Crippen molar-refractivity contribution < 1.29 is 37.4 Å². The number of aromatic nitrogens is 3. The molecule has 2 aromatic rings. The van der Waals surface area contributed by atoms with Gasteiger partial charge in [0, 0.05) is 18.3 Å². The smallest absolute Gasteiger partial charge is 0.433 e. The molecule has 0 aromatic carbocycles. The van der Waals surface area contributed by atoms with Crippen LogP contribution in [0.1, 0.15) is 93.6 Å². The third-order valence-corrected chi connectivity index (χ3v) is 8.00. The summed E-state index contributed by atoms with van der Waals surface area (Å²) in [5, 5.41) is 24.0. The van der Waals surface area contributed by atoms with Crippen molar-refractivity contribution in [3.63, 3.8) is 0 Å². The van der Waals surface area contributed by atoms with E-state index in [2.05, 4.69) is 10.1 Å². The second-order valence-electron chi connectivity index (χ2n) is 11.2. The number of halogens is 5. The van der Waals surface area contributed by atoms with E-state index in [1.165, 1.54) is 0 Å². The molecule has 1 aliphatic carbocycles. The summed E-state index contributed by atoms with van der Waals surface area (Å²) in [6.07, 6.45) is -2.58. The van der Waals surface area contributed by atoms with Crippen LogP contribution in [0.4, 0.5) is 17.6 Å². The molecule has 0 saturated heterocycles. The lowest BCUT2D eigenvalue weighted by Crippen LogP contribution is -2.42. The van der Waals surface area contributed by atoms with Crippen LogP contribution in [0.2, 0.25) is 5.02 Å². The number of hydrogen-bond donors (Lipinski definition) is 2. The molecule has 0 aliphatic heterocycles. The Labute approximate surface area is 229 Å². The van der Waals surface area contributed by atoms with Crippen LogP contribution in [-0.2, 0) is 11.0 Å². The fourth-order valence-corrected chi connectivity index (χ4v) is 5.11. The summed E-state index contributed by atoms with van der Waals surface area (Å²) in [6.45, 7) is 6.49. The van der Waals surface area contributed by atoms with E-state index in [0.717, 1.165) is 28.2 Å². The van der Waals surface area contributed by atoms with Crippen LogP contribution in [0, 0.1) is 16.6 Å². The van der Waals surface area contributed by atoms with E-state index in [1.807, 2.05) is 20.8 Å². The lowest BCUT2D eigenvalue weighted by atomic mass is 9.74. The third-order valence-electron chi connectivity index (χ3n) is 7.70. The molecule has 1 amide bonds. The summed E-state index contributed by atoms with van der Waals surface area (Å²) in [7, 11) is 0. The molecular formula is C26H33ClF4N4O4. The second kappa shape index (κ2) is 11.4. The number of nitrogens with zero attached hydrogens (tertiary/aromatic N) is 4. The topological polar surface area (TPSA) is 109 Å². The molecule has 13 heteroatoms. The molecule has 3 rings (SSSR count). The van der Waals surface area contributed by atoms with Crippen LogP contribution in [0.3, 0.4) is 0 Å². The van der Waals surface area contributed by atoms with Gasteiger partial charge in [-0.1, -0.05) is 32.4 Å². The minimum Gasteiger partial charge on any atom is -0.481 e. The average molecular weight is 577 g/mol. The van der Waals surface area contributed by atoms with E-state index >= 15 is 0 Å². The van der Waals surface area contributed by atoms with Gasteiger partial charge in [0.15, 0.2) is 5.69 Å². The summed E-state index contributed by atoms with van der Waals surface area (Å²) in [5.74, 6) is -2.94. The molecule has 2 N–H and O–H groups in total. The summed E-state index contributed by atoms with van der Waals surface area (Å²) >= 11 is 6.01. The first-order valence-electron chi connectivity index (χ1n) is 12.6. The number of carboxylic acids is 1. The van der Waals surface area contributed by atoms with Gasteiger partial charge in [-0.15, -0.1) is 0 Å². The van der Waals surface area contributed by atoms with Crippen LogP contribution in [0.5, 0.6) is 0 Å². The lowest BCUT2D eigenvalue weighted by Gasteiger charge is -2.35. The minimum absolute atomic E-state index is 0.0351. The molecule has 216 valence electrons. The molecule has 1 unspecified atom stereocenters. The Hall–Kier alpha value is -2.73. The molecule has 0 spiro atoms. The fourth-order valence-electron chi connectivity index (χ4n) is 4.83. The Kier molecular flexibility index (Phi) is 9.01. The first-order valence-corrected chi connectivity index (χ1v) is 13.0. The molecule has 2 heterocycles. The van der Waals surface area contributed by atoms with Gasteiger partial charge in [-0.2, -0.15) is 18.3 Å². The zero-order valence-electron chi connectivity index (χ0n) is 22.2. The number of carbonyl (C=O) groups is 2. The number of rotatable bonds is 9. The first-order chi connectivity index (χ1) is 18.0. The van der Waals surface area contributed by atoms with Crippen molar-refractivity contribution in [3.8, 4) is 0 Å². The Bertz CT molecular complexity index is 1190. The van der Waals surface area contributed by atoms with Crippen molar-refractivity contribution in [1.29, 1.82) is 0 Å². The van der Waals surface area contributed by atoms with Gasteiger partial charge >= 0.3 is 12.1 Å². The van der Waals surface area contributed by atoms with Crippen LogP contribution >= 0.6 is 11.6 Å². The number of aliphatic carboxylic acids is 1. The van der Waals surface area contributed by atoms with Crippen LogP contribution in [0.25, 0.3) is 0 Å². The van der Waals surface area contributed by atoms with E-state index in [4.69, 9.17) is 11.6 Å². The van der Waals surface area contributed by atoms with Crippen molar-refractivity contribution in [3.05, 3.63) is 46.3 Å². The summed E-state index contributed by atoms with van der Waals surface area (Å²) in [5.41, 5.74) is -3.83. The van der Waals surface area contributed by atoms with Crippen LogP contribution in [-0.4, -0.2) is 54.8 Å². The Morgan fingerprint density at radius 1 is 1.23 bits per heavy atom. The summed E-state index contributed by atoms with van der Waals surface area (Å²) in [6, 6.07) is -0.744. The zero-order chi connectivity index (χ0) is 29.3. The van der Waals surface area contributed by atoms with E-state index in [0.29, 0.717) is 6.42 Å². The summed E-state index contributed by atoms with van der Waals surface area (Å²) < 4.78 is 58.3. The predicted octanol–water partition coefficient (Wildman–Crippen LogP) is 5.91. The highest BCUT2D eigenvalue weighted by Gasteiger charge is 2.45. The molecule has 1 saturated carbocycles. The Morgan fingerprint density at radius 3 is 2.36 bits per heavy atom. The number of hydrogen-bond acceptors (Lipinski definition) is 5. The molecule has 2 aromatic heterocycles. The standard InChI is InChI=1S/C26H33ClF4N4O4/c1-5-24(2,3)14-34(13-19(36)20-17(27)11-32-12-18(20)28)22(37)16-10-33-35(21(16)26(29,30)31)15-6-8-25(4,9-7-15)23(38)39/h10-12,15,19,36H,5-9,13-14H2,1-4H3,(H,38,39)/t15-,19?,25-. The third kappa shape index (κ3) is 6.71.